The fourth-order valence-electron chi connectivity index (χ4n) is 4.04. The van der Waals surface area contributed by atoms with Crippen LogP contribution in [0.5, 0.6) is 11.6 Å². The normalized spacial score (nSPS) is 12.0. The molecule has 0 unspecified atom stereocenters. The van der Waals surface area contributed by atoms with Gasteiger partial charge in [-0.1, -0.05) is 42.5 Å². The van der Waals surface area contributed by atoms with E-state index in [0.29, 0.717) is 6.54 Å². The number of fused-ring (bicyclic) bond motifs is 1. The van der Waals surface area contributed by atoms with Crippen LogP contribution in [0, 0.1) is 6.92 Å². The number of aryl methyl sites for hydroxylation is 1. The Morgan fingerprint density at radius 2 is 1.55 bits per heavy atom. The van der Waals surface area contributed by atoms with E-state index in [4.69, 9.17) is 0 Å². The number of aromatic nitrogens is 1. The van der Waals surface area contributed by atoms with E-state index in [0.717, 1.165) is 39.6 Å². The minimum Gasteiger partial charge on any atom is -0.494 e. The van der Waals surface area contributed by atoms with Gasteiger partial charge in [-0.3, -0.25) is 0 Å². The summed E-state index contributed by atoms with van der Waals surface area (Å²) in [6.45, 7) is 3.15. The van der Waals surface area contributed by atoms with Crippen molar-refractivity contribution in [3.63, 3.8) is 0 Å². The molecule has 4 aromatic rings. The highest BCUT2D eigenvalue weighted by Gasteiger charge is 2.30. The lowest BCUT2D eigenvalue weighted by Crippen LogP contribution is -2.17. The molecule has 0 saturated heterocycles. The minimum atomic E-state index is -4.72. The Morgan fingerprint density at radius 1 is 0.909 bits per heavy atom. The maximum Gasteiger partial charge on any atom is 0.573 e. The molecular formula is C26H25F3N2O2. The third kappa shape index (κ3) is 5.31. The molecule has 0 bridgehead atoms. The third-order valence-electron chi connectivity index (χ3n) is 5.45. The van der Waals surface area contributed by atoms with Crippen LogP contribution in [0.3, 0.4) is 0 Å². The molecule has 3 aromatic carbocycles. The fourth-order valence-corrected chi connectivity index (χ4v) is 4.04. The van der Waals surface area contributed by atoms with E-state index in [1.165, 1.54) is 17.7 Å². The van der Waals surface area contributed by atoms with Gasteiger partial charge in [0, 0.05) is 23.5 Å². The maximum absolute atomic E-state index is 12.4. The highest BCUT2D eigenvalue weighted by Crippen LogP contribution is 2.35. The summed E-state index contributed by atoms with van der Waals surface area (Å²) in [6.07, 6.45) is -2.86. The number of aromatic hydroxyl groups is 1. The van der Waals surface area contributed by atoms with E-state index in [9.17, 15) is 18.3 Å². The van der Waals surface area contributed by atoms with Crippen molar-refractivity contribution in [2.75, 3.05) is 14.1 Å². The molecule has 172 valence electrons. The van der Waals surface area contributed by atoms with Gasteiger partial charge in [0.1, 0.15) is 5.75 Å². The standard InChI is InChI=1S/C26H25F3N2O2/c1-17-12-21(20-8-4-18(5-9-20)14-30(2)3)13-22-16-31(25(32)24(17)22)15-19-6-10-23(11-7-19)33-26(27,28)29/h4-13,16,32H,14-15H2,1-3H3. The van der Waals surface area contributed by atoms with E-state index < -0.39 is 6.36 Å². The van der Waals surface area contributed by atoms with Crippen molar-refractivity contribution in [2.45, 2.75) is 26.4 Å². The molecule has 1 N–H and O–H groups in total. The van der Waals surface area contributed by atoms with E-state index in [2.05, 4.69) is 40.0 Å². The Balaban J connectivity index is 1.60. The molecule has 4 rings (SSSR count). The van der Waals surface area contributed by atoms with Crippen LogP contribution in [-0.4, -0.2) is 35.0 Å². The van der Waals surface area contributed by atoms with Crippen LogP contribution in [0.25, 0.3) is 21.9 Å². The molecule has 0 spiro atoms. The van der Waals surface area contributed by atoms with Crippen molar-refractivity contribution in [1.29, 1.82) is 0 Å². The molecule has 0 aliphatic carbocycles. The van der Waals surface area contributed by atoms with Gasteiger partial charge in [0.25, 0.3) is 0 Å². The maximum atomic E-state index is 12.4. The number of rotatable bonds is 6. The Morgan fingerprint density at radius 3 is 2.15 bits per heavy atom. The molecule has 4 nitrogen and oxygen atoms in total. The lowest BCUT2D eigenvalue weighted by molar-refractivity contribution is -0.274. The first-order valence-electron chi connectivity index (χ1n) is 10.5. The first-order valence-corrected chi connectivity index (χ1v) is 10.5. The van der Waals surface area contributed by atoms with Crippen molar-refractivity contribution in [2.24, 2.45) is 0 Å². The van der Waals surface area contributed by atoms with Crippen molar-refractivity contribution in [1.82, 2.24) is 9.47 Å². The third-order valence-corrected chi connectivity index (χ3v) is 5.45. The second-order valence-electron chi connectivity index (χ2n) is 8.46. The predicted octanol–water partition coefficient (Wildman–Crippen LogP) is 6.33. The van der Waals surface area contributed by atoms with Gasteiger partial charge in [-0.2, -0.15) is 0 Å². The molecule has 1 aromatic heterocycles. The first-order chi connectivity index (χ1) is 15.6. The van der Waals surface area contributed by atoms with Crippen LogP contribution in [0.1, 0.15) is 16.7 Å². The van der Waals surface area contributed by atoms with Crippen LogP contribution in [0.4, 0.5) is 13.2 Å². The molecule has 1 heterocycles. The second kappa shape index (κ2) is 8.83. The molecule has 7 heteroatoms. The summed E-state index contributed by atoms with van der Waals surface area (Å²) in [5, 5.41) is 12.5. The van der Waals surface area contributed by atoms with Gasteiger partial charge in [-0.15, -0.1) is 13.2 Å². The second-order valence-corrected chi connectivity index (χ2v) is 8.46. The number of ether oxygens (including phenoxy) is 1. The molecular weight excluding hydrogens is 429 g/mol. The summed E-state index contributed by atoms with van der Waals surface area (Å²) < 4.78 is 42.7. The van der Waals surface area contributed by atoms with Crippen molar-refractivity contribution >= 4 is 10.8 Å². The Bertz CT molecular complexity index is 1260. The van der Waals surface area contributed by atoms with Crippen molar-refractivity contribution in [3.05, 3.63) is 83.6 Å². The predicted molar refractivity (Wildman–Crippen MR) is 123 cm³/mol. The molecule has 0 fully saturated rings. The summed E-state index contributed by atoms with van der Waals surface area (Å²) >= 11 is 0. The molecule has 0 radical (unpaired) electrons. The highest BCUT2D eigenvalue weighted by atomic mass is 19.4. The van der Waals surface area contributed by atoms with Gasteiger partial charge < -0.3 is 19.3 Å². The first kappa shape index (κ1) is 22.7. The fraction of sp³-hybridized carbons (Fsp3) is 0.231. The monoisotopic (exact) mass is 454 g/mol. The van der Waals surface area contributed by atoms with Crippen LogP contribution in [0.15, 0.2) is 66.9 Å². The average Bonchev–Trinajstić information content (AvgIpc) is 3.04. The van der Waals surface area contributed by atoms with Crippen LogP contribution in [-0.2, 0) is 13.1 Å². The molecule has 0 aliphatic heterocycles. The summed E-state index contributed by atoms with van der Waals surface area (Å²) in [5.74, 6) is -0.142. The van der Waals surface area contributed by atoms with Crippen LogP contribution in [0.2, 0.25) is 0 Å². The topological polar surface area (TPSA) is 37.6 Å². The quantitative estimate of drug-likeness (QED) is 0.370. The summed E-state index contributed by atoms with van der Waals surface area (Å²) in [4.78, 5) is 2.12. The molecule has 0 saturated carbocycles. The molecule has 0 atom stereocenters. The lowest BCUT2D eigenvalue weighted by Gasteiger charge is -2.11. The van der Waals surface area contributed by atoms with E-state index >= 15 is 0 Å². The summed E-state index contributed by atoms with van der Waals surface area (Å²) in [7, 11) is 4.07. The summed E-state index contributed by atoms with van der Waals surface area (Å²) in [5.41, 5.74) is 5.08. The Hall–Kier alpha value is -3.45. The van der Waals surface area contributed by atoms with Gasteiger partial charge >= 0.3 is 6.36 Å². The SMILES string of the molecule is Cc1cc(-c2ccc(CN(C)C)cc2)cc2cn(Cc3ccc(OC(F)(F)F)cc3)c(O)c12. The Kier molecular flexibility index (Phi) is 6.08. The number of benzene rings is 3. The van der Waals surface area contributed by atoms with Gasteiger partial charge in [-0.25, -0.2) is 0 Å². The van der Waals surface area contributed by atoms with Crippen LogP contribution >= 0.6 is 0 Å². The molecule has 0 aliphatic rings. The summed E-state index contributed by atoms with van der Waals surface area (Å²) in [6, 6.07) is 18.2. The number of hydrogen-bond acceptors (Lipinski definition) is 3. The average molecular weight is 454 g/mol. The van der Waals surface area contributed by atoms with Crippen molar-refractivity contribution in [3.8, 4) is 22.8 Å². The lowest BCUT2D eigenvalue weighted by atomic mass is 9.99. The van der Waals surface area contributed by atoms with Gasteiger partial charge in [0.05, 0.1) is 6.54 Å². The molecule has 0 amide bonds. The highest BCUT2D eigenvalue weighted by molar-refractivity contribution is 5.94. The van der Waals surface area contributed by atoms with E-state index in [1.54, 1.807) is 16.7 Å². The zero-order chi connectivity index (χ0) is 23.8. The number of nitrogens with zero attached hydrogens (tertiary/aromatic N) is 2. The minimum absolute atomic E-state index is 0.131. The van der Waals surface area contributed by atoms with Gasteiger partial charge in [0.2, 0.25) is 0 Å². The van der Waals surface area contributed by atoms with Crippen molar-refractivity contribution < 1.29 is 23.0 Å². The van der Waals surface area contributed by atoms with Gasteiger partial charge in [-0.05, 0) is 67.0 Å². The van der Waals surface area contributed by atoms with E-state index in [-0.39, 0.29) is 11.6 Å². The number of hydrogen-bond donors (Lipinski definition) is 1. The van der Waals surface area contributed by atoms with E-state index in [1.807, 2.05) is 33.3 Å². The largest absolute Gasteiger partial charge is 0.573 e. The van der Waals surface area contributed by atoms with Crippen LogP contribution < -0.4 is 4.74 Å². The van der Waals surface area contributed by atoms with Gasteiger partial charge in [0.15, 0.2) is 5.88 Å². The molecule has 33 heavy (non-hydrogen) atoms. The zero-order valence-corrected chi connectivity index (χ0v) is 18.6. The smallest absolute Gasteiger partial charge is 0.494 e. The number of halogens is 3. The Labute approximate surface area is 190 Å². The zero-order valence-electron chi connectivity index (χ0n) is 18.6. The number of alkyl halides is 3.